The molecule has 2 aliphatic heterocycles. The quantitative estimate of drug-likeness (QED) is 0.587. The number of piperidine rings is 1. The number of nitrogens with one attached hydrogen (secondary N) is 1. The van der Waals surface area contributed by atoms with E-state index < -0.39 is 0 Å². The molecule has 1 aromatic heterocycles. The zero-order valence-corrected chi connectivity index (χ0v) is 18.1. The average Bonchev–Trinajstić information content (AvgIpc) is 3.26. The first kappa shape index (κ1) is 20.6. The zero-order chi connectivity index (χ0) is 21.9. The first-order valence-corrected chi connectivity index (χ1v) is 11.5. The maximum absolute atomic E-state index is 13.0. The summed E-state index contributed by atoms with van der Waals surface area (Å²) in [6.07, 6.45) is 5.72. The summed E-state index contributed by atoms with van der Waals surface area (Å²) < 4.78 is 11.1. The van der Waals surface area contributed by atoms with Crippen molar-refractivity contribution in [3.05, 3.63) is 59.8 Å². The number of hydrogen-bond acceptors (Lipinski definition) is 4. The minimum atomic E-state index is -0.0483. The molecule has 166 valence electrons. The Morgan fingerprint density at radius 1 is 1.00 bits per heavy atom. The second-order valence-electron chi connectivity index (χ2n) is 8.59. The topological polar surface area (TPSA) is 71.6 Å². The molecule has 0 atom stereocenters. The summed E-state index contributed by atoms with van der Waals surface area (Å²) in [4.78, 5) is 30.9. The number of likely N-dealkylation sites (tertiary alicyclic amines) is 1. The Balaban J connectivity index is 1.11. The first-order valence-electron chi connectivity index (χ1n) is 11.5. The van der Waals surface area contributed by atoms with Crippen molar-refractivity contribution < 1.29 is 19.1 Å². The second-order valence-corrected chi connectivity index (χ2v) is 8.59. The van der Waals surface area contributed by atoms with Crippen molar-refractivity contribution >= 4 is 22.6 Å². The van der Waals surface area contributed by atoms with Crippen LogP contribution in [0.2, 0.25) is 0 Å². The lowest BCUT2D eigenvalue weighted by molar-refractivity contribution is -0.132. The van der Waals surface area contributed by atoms with Crippen molar-refractivity contribution in [3.8, 4) is 11.5 Å². The second kappa shape index (κ2) is 9.07. The van der Waals surface area contributed by atoms with Gasteiger partial charge in [0.25, 0.3) is 0 Å². The van der Waals surface area contributed by atoms with E-state index in [1.54, 1.807) is 6.07 Å². The normalized spacial score (nSPS) is 16.3. The number of Topliss-reactive ketones (excluding diaryl/α,β-unsaturated/α-hetero) is 1. The Hall–Kier alpha value is -3.28. The van der Waals surface area contributed by atoms with E-state index in [1.165, 1.54) is 10.9 Å². The van der Waals surface area contributed by atoms with Crippen LogP contribution in [0.1, 0.15) is 41.6 Å². The highest BCUT2D eigenvalue weighted by Crippen LogP contribution is 2.32. The molecule has 0 saturated carbocycles. The monoisotopic (exact) mass is 432 g/mol. The van der Waals surface area contributed by atoms with Crippen LogP contribution in [-0.2, 0) is 11.2 Å². The van der Waals surface area contributed by atoms with Gasteiger partial charge in [0.05, 0.1) is 0 Å². The fourth-order valence-corrected chi connectivity index (χ4v) is 4.75. The van der Waals surface area contributed by atoms with Crippen LogP contribution in [0.5, 0.6) is 11.5 Å². The summed E-state index contributed by atoms with van der Waals surface area (Å²) in [5, 5.41) is 1.23. The predicted molar refractivity (Wildman–Crippen MR) is 122 cm³/mol. The van der Waals surface area contributed by atoms with Gasteiger partial charge in [0, 0.05) is 48.1 Å². The number of rotatable bonds is 6. The maximum atomic E-state index is 13.0. The molecule has 3 heterocycles. The number of aromatic amines is 1. The third-order valence-corrected chi connectivity index (χ3v) is 6.56. The van der Waals surface area contributed by atoms with Crippen molar-refractivity contribution in [2.75, 3.05) is 26.3 Å². The van der Waals surface area contributed by atoms with Crippen LogP contribution < -0.4 is 9.47 Å². The Morgan fingerprint density at radius 3 is 2.62 bits per heavy atom. The lowest BCUT2D eigenvalue weighted by Crippen LogP contribution is -2.40. The SMILES string of the molecule is O=C(c1ccc2c(c1)OCCO2)C1CCN(C(=O)CCCc2c[nH]c3ccccc23)CC1. The van der Waals surface area contributed by atoms with Gasteiger partial charge in [0.1, 0.15) is 13.2 Å². The highest BCUT2D eigenvalue weighted by Gasteiger charge is 2.28. The third-order valence-electron chi connectivity index (χ3n) is 6.56. The summed E-state index contributed by atoms with van der Waals surface area (Å²) in [5.74, 6) is 1.61. The summed E-state index contributed by atoms with van der Waals surface area (Å²) in [6, 6.07) is 13.7. The van der Waals surface area contributed by atoms with Gasteiger partial charge in [-0.1, -0.05) is 18.2 Å². The maximum Gasteiger partial charge on any atom is 0.222 e. The number of H-pyrrole nitrogens is 1. The van der Waals surface area contributed by atoms with Crippen molar-refractivity contribution in [2.24, 2.45) is 5.92 Å². The van der Waals surface area contributed by atoms with Gasteiger partial charge in [-0.15, -0.1) is 0 Å². The lowest BCUT2D eigenvalue weighted by atomic mass is 9.88. The molecule has 0 bridgehead atoms. The molecule has 1 amide bonds. The van der Waals surface area contributed by atoms with Crippen molar-refractivity contribution in [2.45, 2.75) is 32.1 Å². The van der Waals surface area contributed by atoms with E-state index in [-0.39, 0.29) is 17.6 Å². The van der Waals surface area contributed by atoms with Crippen LogP contribution in [-0.4, -0.2) is 47.9 Å². The van der Waals surface area contributed by atoms with Crippen LogP contribution in [0.3, 0.4) is 0 Å². The molecule has 0 aliphatic carbocycles. The first-order chi connectivity index (χ1) is 15.7. The summed E-state index contributed by atoms with van der Waals surface area (Å²) in [6.45, 7) is 2.33. The number of benzene rings is 2. The van der Waals surface area contributed by atoms with Crippen LogP contribution in [0.25, 0.3) is 10.9 Å². The smallest absolute Gasteiger partial charge is 0.222 e. The van der Waals surface area contributed by atoms with Crippen molar-refractivity contribution in [1.82, 2.24) is 9.88 Å². The molecule has 6 heteroatoms. The molecule has 0 unspecified atom stereocenters. The molecule has 1 fully saturated rings. The van der Waals surface area contributed by atoms with Gasteiger partial charge in [-0.3, -0.25) is 9.59 Å². The average molecular weight is 433 g/mol. The number of ketones is 1. The Bertz CT molecular complexity index is 1130. The van der Waals surface area contributed by atoms with Crippen LogP contribution in [0.4, 0.5) is 0 Å². The van der Waals surface area contributed by atoms with E-state index in [4.69, 9.17) is 9.47 Å². The van der Waals surface area contributed by atoms with Gasteiger partial charge < -0.3 is 19.4 Å². The molecule has 32 heavy (non-hydrogen) atoms. The van der Waals surface area contributed by atoms with E-state index in [2.05, 4.69) is 17.1 Å². The zero-order valence-electron chi connectivity index (χ0n) is 18.1. The van der Waals surface area contributed by atoms with Crippen LogP contribution in [0.15, 0.2) is 48.7 Å². The number of hydrogen-bond donors (Lipinski definition) is 1. The molecule has 1 saturated heterocycles. The Labute approximate surface area is 187 Å². The number of aromatic nitrogens is 1. The number of nitrogens with zero attached hydrogens (tertiary/aromatic N) is 1. The minimum absolute atomic E-state index is 0.0483. The molecule has 0 spiro atoms. The fraction of sp³-hybridized carbons (Fsp3) is 0.385. The van der Waals surface area contributed by atoms with Gasteiger partial charge in [-0.2, -0.15) is 0 Å². The molecule has 3 aromatic rings. The van der Waals surface area contributed by atoms with Crippen LogP contribution >= 0.6 is 0 Å². The highest BCUT2D eigenvalue weighted by molar-refractivity contribution is 5.98. The van der Waals surface area contributed by atoms with E-state index in [0.29, 0.717) is 62.6 Å². The van der Waals surface area contributed by atoms with Crippen molar-refractivity contribution in [3.63, 3.8) is 0 Å². The Kier molecular flexibility index (Phi) is 5.84. The molecule has 5 rings (SSSR count). The van der Waals surface area contributed by atoms with Gasteiger partial charge in [-0.25, -0.2) is 0 Å². The number of para-hydroxylation sites is 1. The van der Waals surface area contributed by atoms with E-state index in [1.807, 2.05) is 35.4 Å². The minimum Gasteiger partial charge on any atom is -0.486 e. The number of carbonyl (C=O) groups excluding carboxylic acids is 2. The largest absolute Gasteiger partial charge is 0.486 e. The molecule has 2 aliphatic rings. The Morgan fingerprint density at radius 2 is 1.78 bits per heavy atom. The molecule has 6 nitrogen and oxygen atoms in total. The lowest BCUT2D eigenvalue weighted by Gasteiger charge is -2.31. The number of ether oxygens (including phenoxy) is 2. The van der Waals surface area contributed by atoms with E-state index in [9.17, 15) is 9.59 Å². The third kappa shape index (κ3) is 4.22. The number of carbonyl (C=O) groups is 2. The summed E-state index contributed by atoms with van der Waals surface area (Å²) in [5.41, 5.74) is 3.06. The molecule has 0 radical (unpaired) electrons. The predicted octanol–water partition coefficient (Wildman–Crippen LogP) is 4.38. The number of aryl methyl sites for hydroxylation is 1. The van der Waals surface area contributed by atoms with Crippen molar-refractivity contribution in [1.29, 1.82) is 0 Å². The number of amides is 1. The molecule has 2 aromatic carbocycles. The fourth-order valence-electron chi connectivity index (χ4n) is 4.75. The standard InChI is InChI=1S/C26H28N2O4/c29-25(7-3-4-20-17-27-22-6-2-1-5-21(20)22)28-12-10-18(11-13-28)26(30)19-8-9-23-24(16-19)32-15-14-31-23/h1-2,5-6,8-9,16-18,27H,3-4,7,10-15H2. The summed E-state index contributed by atoms with van der Waals surface area (Å²) in [7, 11) is 0. The molecule has 1 N–H and O–H groups in total. The number of fused-ring (bicyclic) bond motifs is 2. The van der Waals surface area contributed by atoms with E-state index >= 15 is 0 Å². The molecular formula is C26H28N2O4. The van der Waals surface area contributed by atoms with Gasteiger partial charge in [-0.05, 0) is 55.5 Å². The highest BCUT2D eigenvalue weighted by atomic mass is 16.6. The van der Waals surface area contributed by atoms with Crippen LogP contribution in [0, 0.1) is 5.92 Å². The van der Waals surface area contributed by atoms with Gasteiger partial charge in [0.15, 0.2) is 17.3 Å². The molecular weight excluding hydrogens is 404 g/mol. The van der Waals surface area contributed by atoms with Gasteiger partial charge in [0.2, 0.25) is 5.91 Å². The van der Waals surface area contributed by atoms with Gasteiger partial charge >= 0.3 is 0 Å². The van der Waals surface area contributed by atoms with E-state index in [0.717, 1.165) is 18.4 Å². The summed E-state index contributed by atoms with van der Waals surface area (Å²) >= 11 is 0.